The topological polar surface area (TPSA) is 95.9 Å². The molecule has 0 aromatic heterocycles. The summed E-state index contributed by atoms with van der Waals surface area (Å²) in [5.74, 6) is -0.186. The average molecular weight is 648 g/mol. The molecule has 6 heteroatoms. The van der Waals surface area contributed by atoms with Gasteiger partial charge in [0, 0.05) is 12.8 Å². The van der Waals surface area contributed by atoms with Gasteiger partial charge in [-0.15, -0.1) is 0 Å². The van der Waals surface area contributed by atoms with Crippen LogP contribution in [0.25, 0.3) is 0 Å². The van der Waals surface area contributed by atoms with E-state index >= 15 is 0 Å². The first kappa shape index (κ1) is 44.1. The van der Waals surface area contributed by atoms with Crippen molar-refractivity contribution in [2.75, 3.05) is 13.2 Å². The van der Waals surface area contributed by atoms with Crippen molar-refractivity contribution in [3.8, 4) is 0 Å². The maximum absolute atomic E-state index is 12.3. The predicted octanol–water partition coefficient (Wildman–Crippen LogP) is 10.2. The van der Waals surface area contributed by atoms with E-state index in [2.05, 4.69) is 43.5 Å². The minimum absolute atomic E-state index is 0.0514. The zero-order valence-electron chi connectivity index (χ0n) is 30.0. The molecule has 0 aromatic rings. The van der Waals surface area contributed by atoms with Crippen molar-refractivity contribution in [1.82, 2.24) is 5.32 Å². The van der Waals surface area contributed by atoms with E-state index in [0.717, 1.165) is 70.6 Å². The van der Waals surface area contributed by atoms with Crippen molar-refractivity contribution in [3.05, 3.63) is 36.5 Å². The number of nitrogens with one attached hydrogen (secondary N) is 1. The molecule has 0 aliphatic heterocycles. The second-order valence-corrected chi connectivity index (χ2v) is 12.9. The molecular formula is C40H73NO5. The molecule has 0 heterocycles. The molecule has 0 saturated carbocycles. The van der Waals surface area contributed by atoms with Crippen LogP contribution < -0.4 is 5.32 Å². The van der Waals surface area contributed by atoms with Gasteiger partial charge < -0.3 is 20.3 Å². The van der Waals surface area contributed by atoms with Crippen molar-refractivity contribution in [1.29, 1.82) is 0 Å². The Morgan fingerprint density at radius 3 is 1.65 bits per heavy atom. The van der Waals surface area contributed by atoms with Gasteiger partial charge in [0.05, 0.1) is 25.4 Å². The Labute approximate surface area is 283 Å². The highest BCUT2D eigenvalue weighted by Crippen LogP contribution is 2.11. The van der Waals surface area contributed by atoms with Gasteiger partial charge in [-0.1, -0.05) is 134 Å². The summed E-state index contributed by atoms with van der Waals surface area (Å²) in [7, 11) is 0. The normalized spacial score (nSPS) is 13.2. The molecule has 0 radical (unpaired) electrons. The molecule has 0 saturated heterocycles. The van der Waals surface area contributed by atoms with Gasteiger partial charge in [-0.2, -0.15) is 0 Å². The number of carbonyl (C=O) groups excluding carboxylic acids is 2. The maximum Gasteiger partial charge on any atom is 0.305 e. The van der Waals surface area contributed by atoms with E-state index in [0.29, 0.717) is 19.4 Å². The van der Waals surface area contributed by atoms with E-state index in [1.54, 1.807) is 6.08 Å². The molecule has 6 nitrogen and oxygen atoms in total. The lowest BCUT2D eigenvalue weighted by molar-refractivity contribution is -0.143. The lowest BCUT2D eigenvalue weighted by atomic mass is 10.1. The molecule has 0 spiro atoms. The van der Waals surface area contributed by atoms with Crippen molar-refractivity contribution in [3.63, 3.8) is 0 Å². The van der Waals surface area contributed by atoms with Gasteiger partial charge in [0.15, 0.2) is 0 Å². The number of hydrogen-bond donors (Lipinski definition) is 3. The van der Waals surface area contributed by atoms with Crippen LogP contribution in [-0.4, -0.2) is 47.4 Å². The second-order valence-electron chi connectivity index (χ2n) is 12.9. The Balaban J connectivity index is 3.63. The Morgan fingerprint density at radius 2 is 1.07 bits per heavy atom. The molecule has 0 aromatic carbocycles. The molecule has 0 rings (SSSR count). The van der Waals surface area contributed by atoms with Gasteiger partial charge in [-0.25, -0.2) is 0 Å². The highest BCUT2D eigenvalue weighted by molar-refractivity contribution is 5.76. The summed E-state index contributed by atoms with van der Waals surface area (Å²) in [6.45, 7) is 4.70. The zero-order valence-corrected chi connectivity index (χ0v) is 30.0. The van der Waals surface area contributed by atoms with E-state index in [1.165, 1.54) is 83.5 Å². The van der Waals surface area contributed by atoms with Crippen molar-refractivity contribution < 1.29 is 24.5 Å². The third kappa shape index (κ3) is 32.0. The van der Waals surface area contributed by atoms with Gasteiger partial charge in [0.1, 0.15) is 0 Å². The van der Waals surface area contributed by atoms with Crippen LogP contribution in [0.5, 0.6) is 0 Å². The number of aliphatic hydroxyl groups excluding tert-OH is 2. The maximum atomic E-state index is 12.3. The number of carbonyl (C=O) groups is 2. The molecule has 0 fully saturated rings. The third-order valence-corrected chi connectivity index (χ3v) is 8.38. The SMILES string of the molecule is CCCC/C=C\CCCCCCCC(=O)OCCCCCC/C=C\CCCC(=O)NC(CO)C(O)/C=C/CCCCCCCCC. The van der Waals surface area contributed by atoms with Crippen LogP contribution >= 0.6 is 0 Å². The lowest BCUT2D eigenvalue weighted by Gasteiger charge is -2.19. The highest BCUT2D eigenvalue weighted by Gasteiger charge is 2.17. The number of rotatable bonds is 34. The highest BCUT2D eigenvalue weighted by atomic mass is 16.5. The van der Waals surface area contributed by atoms with Crippen LogP contribution in [0.1, 0.15) is 181 Å². The summed E-state index contributed by atoms with van der Waals surface area (Å²) >= 11 is 0. The van der Waals surface area contributed by atoms with Crippen LogP contribution in [0.2, 0.25) is 0 Å². The van der Waals surface area contributed by atoms with Gasteiger partial charge in [-0.3, -0.25) is 9.59 Å². The lowest BCUT2D eigenvalue weighted by Crippen LogP contribution is -2.45. The minimum atomic E-state index is -0.872. The van der Waals surface area contributed by atoms with E-state index in [4.69, 9.17) is 4.74 Å². The summed E-state index contributed by atoms with van der Waals surface area (Å²) in [4.78, 5) is 24.2. The Morgan fingerprint density at radius 1 is 0.587 bits per heavy atom. The predicted molar refractivity (Wildman–Crippen MR) is 195 cm³/mol. The average Bonchev–Trinajstić information content (AvgIpc) is 3.05. The number of unbranched alkanes of at least 4 members (excludes halogenated alkanes) is 19. The first-order chi connectivity index (χ1) is 22.5. The van der Waals surface area contributed by atoms with Crippen molar-refractivity contribution in [2.24, 2.45) is 0 Å². The van der Waals surface area contributed by atoms with E-state index in [9.17, 15) is 19.8 Å². The number of amides is 1. The van der Waals surface area contributed by atoms with Crippen LogP contribution in [0.15, 0.2) is 36.5 Å². The fourth-order valence-electron chi connectivity index (χ4n) is 5.32. The first-order valence-corrected chi connectivity index (χ1v) is 19.3. The smallest absolute Gasteiger partial charge is 0.305 e. The number of aliphatic hydroxyl groups is 2. The molecule has 0 bridgehead atoms. The van der Waals surface area contributed by atoms with E-state index < -0.39 is 12.1 Å². The number of ether oxygens (including phenoxy) is 1. The molecule has 268 valence electrons. The largest absolute Gasteiger partial charge is 0.466 e. The molecule has 1 amide bonds. The van der Waals surface area contributed by atoms with Crippen LogP contribution in [0.3, 0.4) is 0 Å². The summed E-state index contributed by atoms with van der Waals surface area (Å²) in [5, 5.41) is 22.7. The van der Waals surface area contributed by atoms with Gasteiger partial charge in [0.25, 0.3) is 0 Å². The fourth-order valence-corrected chi connectivity index (χ4v) is 5.32. The van der Waals surface area contributed by atoms with E-state index in [1.807, 2.05) is 6.08 Å². The summed E-state index contributed by atoms with van der Waals surface area (Å²) in [6, 6.07) is -0.663. The number of esters is 1. The summed E-state index contributed by atoms with van der Waals surface area (Å²) < 4.78 is 5.39. The molecule has 2 atom stereocenters. The van der Waals surface area contributed by atoms with Crippen LogP contribution in [-0.2, 0) is 14.3 Å². The van der Waals surface area contributed by atoms with Crippen LogP contribution in [0, 0.1) is 0 Å². The Hall–Kier alpha value is -1.92. The first-order valence-electron chi connectivity index (χ1n) is 19.3. The quantitative estimate of drug-likeness (QED) is 0.0367. The minimum Gasteiger partial charge on any atom is -0.466 e. The van der Waals surface area contributed by atoms with Crippen LogP contribution in [0.4, 0.5) is 0 Å². The monoisotopic (exact) mass is 648 g/mol. The van der Waals surface area contributed by atoms with Crippen molar-refractivity contribution >= 4 is 11.9 Å². The van der Waals surface area contributed by atoms with Crippen molar-refractivity contribution in [2.45, 2.75) is 193 Å². The Bertz CT molecular complexity index is 763. The number of hydrogen-bond acceptors (Lipinski definition) is 5. The molecule has 46 heavy (non-hydrogen) atoms. The summed E-state index contributed by atoms with van der Waals surface area (Å²) in [5.41, 5.74) is 0. The Kier molecular flexibility index (Phi) is 34.4. The van der Waals surface area contributed by atoms with E-state index in [-0.39, 0.29) is 18.5 Å². The fraction of sp³-hybridized carbons (Fsp3) is 0.800. The molecule has 2 unspecified atom stereocenters. The zero-order chi connectivity index (χ0) is 33.8. The molecular weight excluding hydrogens is 574 g/mol. The molecule has 0 aliphatic rings. The third-order valence-electron chi connectivity index (χ3n) is 8.38. The second kappa shape index (κ2) is 35.9. The standard InChI is InChI=1S/C40H73NO5/c1-3-5-7-9-11-13-14-18-22-26-30-34-40(45)46-35-31-27-23-19-15-17-21-25-29-33-39(44)41-37(36-42)38(43)32-28-24-20-16-12-10-8-6-4-2/h9,11,17,21,28,32,37-38,42-43H,3-8,10,12-16,18-20,22-27,29-31,33-36H2,1-2H3,(H,41,44)/b11-9-,21-17-,32-28+. The van der Waals surface area contributed by atoms with Gasteiger partial charge in [0.2, 0.25) is 5.91 Å². The van der Waals surface area contributed by atoms with Gasteiger partial charge >= 0.3 is 5.97 Å². The molecule has 3 N–H and O–H groups in total. The number of allylic oxidation sites excluding steroid dienone is 5. The molecule has 0 aliphatic carbocycles. The summed E-state index contributed by atoms with van der Waals surface area (Å²) in [6.07, 6.45) is 39.9. The van der Waals surface area contributed by atoms with Gasteiger partial charge in [-0.05, 0) is 70.6 Å².